The molecule has 0 bridgehead atoms. The number of carbonyl (C=O) groups excluding carboxylic acids is 1. The number of methoxy groups -OCH3 is 1. The summed E-state index contributed by atoms with van der Waals surface area (Å²) < 4.78 is 4.78. The second-order valence-electron chi connectivity index (χ2n) is 3.53. The molecule has 0 unspecified atom stereocenters. The molecule has 1 amide bonds. The van der Waals surface area contributed by atoms with E-state index in [-0.39, 0.29) is 11.9 Å². The number of amides is 1. The van der Waals surface area contributed by atoms with Crippen LogP contribution >= 0.6 is 0 Å². The molecule has 0 saturated heterocycles. The van der Waals surface area contributed by atoms with Gasteiger partial charge in [0.1, 0.15) is 0 Å². The van der Waals surface area contributed by atoms with Crippen LogP contribution in [0, 0.1) is 0 Å². The van der Waals surface area contributed by atoms with Crippen molar-refractivity contribution < 1.29 is 9.53 Å². The standard InChI is InChI=1S/C10H18N4O2/c1-3-4-5-6-7-8(15)11-9-12-10(16-2)14-13-9/h3-7H2,1-2H3,(H2,11,12,13,14,15). The Bertz CT molecular complexity index is 324. The molecule has 0 aliphatic rings. The number of anilines is 1. The van der Waals surface area contributed by atoms with E-state index in [1.807, 2.05) is 0 Å². The molecule has 6 heteroatoms. The second kappa shape index (κ2) is 6.81. The lowest BCUT2D eigenvalue weighted by Crippen LogP contribution is -2.12. The molecule has 0 aromatic carbocycles. The van der Waals surface area contributed by atoms with E-state index < -0.39 is 0 Å². The molecule has 6 nitrogen and oxygen atoms in total. The lowest BCUT2D eigenvalue weighted by Gasteiger charge is -2.00. The first-order valence-electron chi connectivity index (χ1n) is 5.52. The molecule has 0 atom stereocenters. The Hall–Kier alpha value is -1.59. The summed E-state index contributed by atoms with van der Waals surface area (Å²) in [6.45, 7) is 2.14. The van der Waals surface area contributed by atoms with E-state index in [2.05, 4.69) is 27.4 Å². The maximum Gasteiger partial charge on any atom is 0.336 e. The van der Waals surface area contributed by atoms with Crippen molar-refractivity contribution in [2.45, 2.75) is 39.0 Å². The second-order valence-corrected chi connectivity index (χ2v) is 3.53. The third-order valence-corrected chi connectivity index (χ3v) is 2.16. The highest BCUT2D eigenvalue weighted by molar-refractivity contribution is 5.88. The van der Waals surface area contributed by atoms with Crippen LogP contribution in [0.4, 0.5) is 5.95 Å². The van der Waals surface area contributed by atoms with Crippen molar-refractivity contribution in [3.05, 3.63) is 0 Å². The minimum atomic E-state index is -0.0464. The first-order chi connectivity index (χ1) is 7.76. The smallest absolute Gasteiger partial charge is 0.336 e. The van der Waals surface area contributed by atoms with Gasteiger partial charge in [0.15, 0.2) is 0 Å². The summed E-state index contributed by atoms with van der Waals surface area (Å²) in [5, 5.41) is 8.92. The summed E-state index contributed by atoms with van der Waals surface area (Å²) >= 11 is 0. The number of rotatable bonds is 7. The Kier molecular flexibility index (Phi) is 5.31. The Balaban J connectivity index is 2.23. The zero-order valence-corrected chi connectivity index (χ0v) is 9.75. The number of hydrogen-bond acceptors (Lipinski definition) is 4. The van der Waals surface area contributed by atoms with Gasteiger partial charge < -0.3 is 4.74 Å². The van der Waals surface area contributed by atoms with E-state index in [4.69, 9.17) is 4.74 Å². The molecule has 0 aliphatic heterocycles. The van der Waals surface area contributed by atoms with E-state index in [1.54, 1.807) is 0 Å². The van der Waals surface area contributed by atoms with Crippen molar-refractivity contribution in [1.29, 1.82) is 0 Å². The quantitative estimate of drug-likeness (QED) is 0.694. The van der Waals surface area contributed by atoms with Gasteiger partial charge in [0.25, 0.3) is 0 Å². The average Bonchev–Trinajstić information content (AvgIpc) is 2.72. The largest absolute Gasteiger partial charge is 0.466 e. The monoisotopic (exact) mass is 226 g/mol. The molecule has 1 rings (SSSR count). The molecule has 2 N–H and O–H groups in total. The Morgan fingerprint density at radius 2 is 2.25 bits per heavy atom. The van der Waals surface area contributed by atoms with Crippen LogP contribution in [0.3, 0.4) is 0 Å². The van der Waals surface area contributed by atoms with Crippen LogP contribution in [0.15, 0.2) is 0 Å². The van der Waals surface area contributed by atoms with Crippen molar-refractivity contribution in [2.75, 3.05) is 12.4 Å². The lowest BCUT2D eigenvalue weighted by molar-refractivity contribution is -0.116. The third kappa shape index (κ3) is 4.29. The molecule has 1 aromatic heterocycles. The molecule has 0 spiro atoms. The number of nitrogens with one attached hydrogen (secondary N) is 2. The molecule has 0 saturated carbocycles. The summed E-state index contributed by atoms with van der Waals surface area (Å²) in [5.41, 5.74) is 0. The van der Waals surface area contributed by atoms with Gasteiger partial charge in [0, 0.05) is 6.42 Å². The highest BCUT2D eigenvalue weighted by atomic mass is 16.5. The van der Waals surface area contributed by atoms with Crippen LogP contribution in [-0.4, -0.2) is 28.2 Å². The van der Waals surface area contributed by atoms with Crippen LogP contribution < -0.4 is 10.1 Å². The summed E-state index contributed by atoms with van der Waals surface area (Å²) in [6, 6.07) is 0.223. The minimum absolute atomic E-state index is 0.0464. The van der Waals surface area contributed by atoms with Gasteiger partial charge in [-0.25, -0.2) is 5.10 Å². The Labute approximate surface area is 94.8 Å². The zero-order chi connectivity index (χ0) is 11.8. The Morgan fingerprint density at radius 3 is 2.88 bits per heavy atom. The predicted octanol–water partition coefficient (Wildman–Crippen LogP) is 1.72. The number of ether oxygens (including phenoxy) is 1. The van der Waals surface area contributed by atoms with Crippen molar-refractivity contribution in [3.63, 3.8) is 0 Å². The SMILES string of the molecule is CCCCCCC(=O)Nc1nc(OC)n[nH]1. The fourth-order valence-electron chi connectivity index (χ4n) is 1.30. The molecule has 0 aliphatic carbocycles. The molecule has 1 aromatic rings. The maximum absolute atomic E-state index is 11.4. The fraction of sp³-hybridized carbons (Fsp3) is 0.700. The van der Waals surface area contributed by atoms with E-state index in [1.165, 1.54) is 20.0 Å². The van der Waals surface area contributed by atoms with Crippen molar-refractivity contribution in [1.82, 2.24) is 15.2 Å². The van der Waals surface area contributed by atoms with Gasteiger partial charge >= 0.3 is 6.01 Å². The topological polar surface area (TPSA) is 79.9 Å². The Morgan fingerprint density at radius 1 is 1.44 bits per heavy atom. The van der Waals surface area contributed by atoms with Crippen molar-refractivity contribution >= 4 is 11.9 Å². The van der Waals surface area contributed by atoms with E-state index in [9.17, 15) is 4.79 Å². The molecule has 0 fully saturated rings. The number of hydrogen-bond donors (Lipinski definition) is 2. The van der Waals surface area contributed by atoms with E-state index in [0.29, 0.717) is 12.4 Å². The van der Waals surface area contributed by atoms with Crippen molar-refractivity contribution in [3.8, 4) is 6.01 Å². The highest BCUT2D eigenvalue weighted by Gasteiger charge is 2.06. The van der Waals surface area contributed by atoms with Gasteiger partial charge in [-0.05, 0) is 6.42 Å². The van der Waals surface area contributed by atoms with Gasteiger partial charge in [-0.15, -0.1) is 5.10 Å². The lowest BCUT2D eigenvalue weighted by atomic mass is 10.1. The van der Waals surface area contributed by atoms with E-state index in [0.717, 1.165) is 12.8 Å². The summed E-state index contributed by atoms with van der Waals surface area (Å²) in [5.74, 6) is 0.284. The van der Waals surface area contributed by atoms with Crippen LogP contribution in [0.1, 0.15) is 39.0 Å². The third-order valence-electron chi connectivity index (χ3n) is 2.16. The molecule has 0 radical (unpaired) electrons. The molecule has 16 heavy (non-hydrogen) atoms. The number of H-pyrrole nitrogens is 1. The minimum Gasteiger partial charge on any atom is -0.466 e. The zero-order valence-electron chi connectivity index (χ0n) is 9.75. The number of carbonyl (C=O) groups is 1. The highest BCUT2D eigenvalue weighted by Crippen LogP contribution is 2.07. The van der Waals surface area contributed by atoms with Gasteiger partial charge in [0.05, 0.1) is 7.11 Å². The van der Waals surface area contributed by atoms with E-state index >= 15 is 0 Å². The van der Waals surface area contributed by atoms with Gasteiger partial charge in [-0.3, -0.25) is 10.1 Å². The van der Waals surface area contributed by atoms with Crippen LogP contribution in [0.25, 0.3) is 0 Å². The molecule has 1 heterocycles. The van der Waals surface area contributed by atoms with Gasteiger partial charge in [0.2, 0.25) is 11.9 Å². The number of unbranched alkanes of at least 4 members (excludes halogenated alkanes) is 3. The van der Waals surface area contributed by atoms with Crippen LogP contribution in [-0.2, 0) is 4.79 Å². The first kappa shape index (κ1) is 12.5. The van der Waals surface area contributed by atoms with Gasteiger partial charge in [-0.2, -0.15) is 4.98 Å². The van der Waals surface area contributed by atoms with Crippen LogP contribution in [0.5, 0.6) is 6.01 Å². The molecular weight excluding hydrogens is 208 g/mol. The first-order valence-corrected chi connectivity index (χ1v) is 5.52. The number of aromatic amines is 1. The predicted molar refractivity (Wildman–Crippen MR) is 60.3 cm³/mol. The number of nitrogens with zero attached hydrogens (tertiary/aromatic N) is 2. The normalized spacial score (nSPS) is 10.1. The average molecular weight is 226 g/mol. The summed E-state index contributed by atoms with van der Waals surface area (Å²) in [7, 11) is 1.47. The molecular formula is C10H18N4O2. The summed E-state index contributed by atoms with van der Waals surface area (Å²) in [4.78, 5) is 15.3. The van der Waals surface area contributed by atoms with Crippen LogP contribution in [0.2, 0.25) is 0 Å². The van der Waals surface area contributed by atoms with Gasteiger partial charge in [-0.1, -0.05) is 26.2 Å². The number of aromatic nitrogens is 3. The summed E-state index contributed by atoms with van der Waals surface area (Å²) in [6.07, 6.45) is 4.85. The molecule has 90 valence electrons. The fourth-order valence-corrected chi connectivity index (χ4v) is 1.30. The van der Waals surface area contributed by atoms with Crippen molar-refractivity contribution in [2.24, 2.45) is 0 Å². The maximum atomic E-state index is 11.4.